The maximum absolute atomic E-state index is 12.0. The third kappa shape index (κ3) is 2.48. The lowest BCUT2D eigenvalue weighted by Gasteiger charge is -2.16. The van der Waals surface area contributed by atoms with Gasteiger partial charge in [0.2, 0.25) is 0 Å². The van der Waals surface area contributed by atoms with E-state index in [2.05, 4.69) is 0 Å². The number of imide groups is 1. The molecule has 0 unspecified atom stereocenters. The quantitative estimate of drug-likeness (QED) is 0.765. The number of hydrogen-bond donors (Lipinski definition) is 0. The Labute approximate surface area is 111 Å². The van der Waals surface area contributed by atoms with Crippen LogP contribution in [0.1, 0.15) is 25.0 Å². The van der Waals surface area contributed by atoms with Crippen molar-refractivity contribution in [1.82, 2.24) is 4.90 Å². The lowest BCUT2D eigenvalue weighted by Crippen LogP contribution is -2.34. The van der Waals surface area contributed by atoms with E-state index in [9.17, 15) is 9.59 Å². The van der Waals surface area contributed by atoms with Crippen molar-refractivity contribution in [2.24, 2.45) is 0 Å². The second-order valence-corrected chi connectivity index (χ2v) is 5.55. The van der Waals surface area contributed by atoms with Crippen molar-refractivity contribution in [3.63, 3.8) is 0 Å². The van der Waals surface area contributed by atoms with E-state index in [1.54, 1.807) is 6.08 Å². The van der Waals surface area contributed by atoms with Crippen LogP contribution in [0.3, 0.4) is 0 Å². The number of carbonyl (C=O) groups excluding carboxylic acids is 2. The van der Waals surface area contributed by atoms with Crippen molar-refractivity contribution in [3.05, 3.63) is 40.3 Å². The normalized spacial score (nSPS) is 18.2. The van der Waals surface area contributed by atoms with Crippen LogP contribution in [0.5, 0.6) is 0 Å². The Morgan fingerprint density at radius 2 is 1.78 bits per heavy atom. The van der Waals surface area contributed by atoms with Gasteiger partial charge in [0, 0.05) is 6.04 Å². The number of aryl methyl sites for hydroxylation is 1. The summed E-state index contributed by atoms with van der Waals surface area (Å²) in [5.74, 6) is -0.194. The van der Waals surface area contributed by atoms with E-state index in [0.29, 0.717) is 4.91 Å². The Bertz CT molecular complexity index is 517. The second-order valence-electron chi connectivity index (χ2n) is 4.56. The summed E-state index contributed by atoms with van der Waals surface area (Å²) in [5, 5.41) is -0.187. The molecule has 0 saturated carbocycles. The molecule has 1 aliphatic heterocycles. The number of benzene rings is 1. The van der Waals surface area contributed by atoms with Gasteiger partial charge in [-0.15, -0.1) is 0 Å². The topological polar surface area (TPSA) is 37.4 Å². The standard InChI is InChI=1S/C14H15NO2S/c1-9(2)15-13(16)12(18-14(15)17)8-11-6-4-10(3)5-7-11/h4-9H,1-3H3/b12-8+. The maximum atomic E-state index is 12.0. The maximum Gasteiger partial charge on any atom is 0.293 e. The lowest BCUT2D eigenvalue weighted by atomic mass is 10.1. The Morgan fingerprint density at radius 3 is 2.28 bits per heavy atom. The van der Waals surface area contributed by atoms with Gasteiger partial charge in [-0.1, -0.05) is 29.8 Å². The highest BCUT2D eigenvalue weighted by molar-refractivity contribution is 8.18. The Kier molecular flexibility index (Phi) is 3.57. The molecule has 94 valence electrons. The van der Waals surface area contributed by atoms with Crippen molar-refractivity contribution in [2.45, 2.75) is 26.8 Å². The molecule has 0 aromatic heterocycles. The van der Waals surface area contributed by atoms with E-state index >= 15 is 0 Å². The highest BCUT2D eigenvalue weighted by atomic mass is 32.2. The molecule has 1 heterocycles. The van der Waals surface area contributed by atoms with Crippen LogP contribution in [0.2, 0.25) is 0 Å². The average molecular weight is 261 g/mol. The number of carbonyl (C=O) groups is 2. The molecule has 1 aliphatic rings. The van der Waals surface area contributed by atoms with Gasteiger partial charge >= 0.3 is 0 Å². The molecular formula is C14H15NO2S. The predicted octanol–water partition coefficient (Wildman–Crippen LogP) is 3.44. The van der Waals surface area contributed by atoms with Gasteiger partial charge in [-0.05, 0) is 44.2 Å². The molecule has 1 saturated heterocycles. The number of rotatable bonds is 2. The first kappa shape index (κ1) is 12.9. The summed E-state index contributed by atoms with van der Waals surface area (Å²) in [6.07, 6.45) is 1.77. The zero-order valence-corrected chi connectivity index (χ0v) is 11.5. The molecule has 0 atom stereocenters. The monoisotopic (exact) mass is 261 g/mol. The highest BCUT2D eigenvalue weighted by Crippen LogP contribution is 2.33. The van der Waals surface area contributed by atoms with Gasteiger partial charge in [0.1, 0.15) is 0 Å². The summed E-state index contributed by atoms with van der Waals surface area (Å²) >= 11 is 1.01. The van der Waals surface area contributed by atoms with Crippen molar-refractivity contribution in [2.75, 3.05) is 0 Å². The van der Waals surface area contributed by atoms with Crippen molar-refractivity contribution < 1.29 is 9.59 Å². The first-order valence-corrected chi connectivity index (χ1v) is 6.64. The summed E-state index contributed by atoms with van der Waals surface area (Å²) in [6, 6.07) is 7.76. The van der Waals surface area contributed by atoms with Crippen LogP contribution in [0.25, 0.3) is 6.08 Å². The molecule has 0 N–H and O–H groups in total. The average Bonchev–Trinajstić information content (AvgIpc) is 2.57. The molecular weight excluding hydrogens is 246 g/mol. The largest absolute Gasteiger partial charge is 0.293 e. The molecule has 0 aliphatic carbocycles. The number of thioether (sulfide) groups is 1. The van der Waals surface area contributed by atoms with Gasteiger partial charge in [-0.25, -0.2) is 0 Å². The van der Waals surface area contributed by atoms with E-state index in [1.165, 1.54) is 10.5 Å². The molecule has 2 amide bonds. The van der Waals surface area contributed by atoms with Crippen molar-refractivity contribution in [3.8, 4) is 0 Å². The molecule has 0 spiro atoms. The number of nitrogens with zero attached hydrogens (tertiary/aromatic N) is 1. The van der Waals surface area contributed by atoms with Gasteiger partial charge < -0.3 is 0 Å². The summed E-state index contributed by atoms with van der Waals surface area (Å²) < 4.78 is 0. The smallest absolute Gasteiger partial charge is 0.268 e. The van der Waals surface area contributed by atoms with Crippen LogP contribution in [-0.4, -0.2) is 22.1 Å². The second kappa shape index (κ2) is 4.98. The van der Waals surface area contributed by atoms with E-state index in [4.69, 9.17) is 0 Å². The lowest BCUT2D eigenvalue weighted by molar-refractivity contribution is -0.123. The van der Waals surface area contributed by atoms with E-state index < -0.39 is 0 Å². The predicted molar refractivity (Wildman–Crippen MR) is 74.1 cm³/mol. The van der Waals surface area contributed by atoms with Crippen LogP contribution in [0.4, 0.5) is 4.79 Å². The van der Waals surface area contributed by atoms with Gasteiger partial charge in [-0.2, -0.15) is 0 Å². The third-order valence-corrected chi connectivity index (χ3v) is 3.60. The molecule has 2 rings (SSSR count). The minimum Gasteiger partial charge on any atom is -0.268 e. The van der Waals surface area contributed by atoms with Crippen LogP contribution < -0.4 is 0 Å². The SMILES string of the molecule is Cc1ccc(/C=C2/SC(=O)N(C(C)C)C2=O)cc1. The van der Waals surface area contributed by atoms with Gasteiger partial charge in [0.25, 0.3) is 11.1 Å². The van der Waals surface area contributed by atoms with Crippen LogP contribution in [-0.2, 0) is 4.79 Å². The van der Waals surface area contributed by atoms with Crippen LogP contribution >= 0.6 is 11.8 Å². The molecule has 1 aromatic rings. The first-order valence-electron chi connectivity index (χ1n) is 5.83. The third-order valence-electron chi connectivity index (χ3n) is 2.72. The summed E-state index contributed by atoms with van der Waals surface area (Å²) in [4.78, 5) is 25.5. The fourth-order valence-corrected chi connectivity index (χ4v) is 2.70. The summed E-state index contributed by atoms with van der Waals surface area (Å²) in [6.45, 7) is 5.69. The molecule has 1 fully saturated rings. The van der Waals surface area contributed by atoms with E-state index in [-0.39, 0.29) is 17.2 Å². The Hall–Kier alpha value is -1.55. The first-order chi connectivity index (χ1) is 8.49. The zero-order chi connectivity index (χ0) is 13.3. The number of hydrogen-bond acceptors (Lipinski definition) is 3. The minimum absolute atomic E-state index is 0.0959. The van der Waals surface area contributed by atoms with Crippen LogP contribution in [0, 0.1) is 6.92 Å². The molecule has 18 heavy (non-hydrogen) atoms. The number of amides is 2. The fourth-order valence-electron chi connectivity index (χ4n) is 1.74. The zero-order valence-electron chi connectivity index (χ0n) is 10.6. The van der Waals surface area contributed by atoms with Crippen molar-refractivity contribution in [1.29, 1.82) is 0 Å². The van der Waals surface area contributed by atoms with Crippen LogP contribution in [0.15, 0.2) is 29.2 Å². The van der Waals surface area contributed by atoms with Gasteiger partial charge in [0.15, 0.2) is 0 Å². The van der Waals surface area contributed by atoms with Gasteiger partial charge in [0.05, 0.1) is 4.91 Å². The molecule has 1 aromatic carbocycles. The van der Waals surface area contributed by atoms with Crippen molar-refractivity contribution >= 4 is 29.0 Å². The van der Waals surface area contributed by atoms with E-state index in [1.807, 2.05) is 45.0 Å². The minimum atomic E-state index is -0.194. The summed E-state index contributed by atoms with van der Waals surface area (Å²) in [5.41, 5.74) is 2.11. The Morgan fingerprint density at radius 1 is 1.17 bits per heavy atom. The molecule has 4 heteroatoms. The highest BCUT2D eigenvalue weighted by Gasteiger charge is 2.36. The van der Waals surface area contributed by atoms with Gasteiger partial charge in [-0.3, -0.25) is 14.5 Å². The molecule has 3 nitrogen and oxygen atoms in total. The Balaban J connectivity index is 2.28. The fraction of sp³-hybridized carbons (Fsp3) is 0.286. The molecule has 0 bridgehead atoms. The van der Waals surface area contributed by atoms with E-state index in [0.717, 1.165) is 17.3 Å². The summed E-state index contributed by atoms with van der Waals surface area (Å²) in [7, 11) is 0. The molecule has 0 radical (unpaired) electrons.